The Bertz CT molecular complexity index is 524. The average Bonchev–Trinajstić information content (AvgIpc) is 2.53. The van der Waals surface area contributed by atoms with Crippen LogP contribution in [-0.4, -0.2) is 33.9 Å². The van der Waals surface area contributed by atoms with Crippen LogP contribution in [-0.2, 0) is 13.1 Å². The van der Waals surface area contributed by atoms with Crippen molar-refractivity contribution in [3.05, 3.63) is 60.2 Å². The number of nitrogens with zero attached hydrogens (tertiary/aromatic N) is 3. The molecule has 6 nitrogen and oxygen atoms in total. The summed E-state index contributed by atoms with van der Waals surface area (Å²) in [5, 5.41) is 0. The normalized spacial score (nSPS) is 10.6. The Balaban J connectivity index is 1.95. The van der Waals surface area contributed by atoms with Crippen LogP contribution in [0.15, 0.2) is 48.8 Å². The quantitative estimate of drug-likeness (QED) is 0.338. The van der Waals surface area contributed by atoms with Crippen LogP contribution in [0, 0.1) is 0 Å². The predicted octanol–water partition coefficient (Wildman–Crippen LogP) is -0.777. The zero-order valence-corrected chi connectivity index (χ0v) is 12.7. The molecule has 0 fully saturated rings. The summed E-state index contributed by atoms with van der Waals surface area (Å²) in [6.07, 6.45) is 4.58. The third-order valence-corrected chi connectivity index (χ3v) is 3.20. The van der Waals surface area contributed by atoms with Gasteiger partial charge in [0.05, 0.1) is 17.9 Å². The Morgan fingerprint density at radius 1 is 0.955 bits per heavy atom. The van der Waals surface area contributed by atoms with Crippen LogP contribution in [0.5, 0.6) is 0 Å². The molecular weight excluding hydrogens is 276 g/mol. The Morgan fingerprint density at radius 2 is 1.55 bits per heavy atom. The zero-order chi connectivity index (χ0) is 15.6. The molecule has 2 aromatic rings. The standard InChI is InChI=1S/C16H22N6/c17-16(18)21-10-5-11-22(12-14-6-1-3-8-19-14)13-15-7-2-4-9-20-15/h1-4,6-9H,5,10-13H2,(H4,17,18,21)/p+1. The van der Waals surface area contributed by atoms with Crippen molar-refractivity contribution in [1.82, 2.24) is 14.9 Å². The lowest BCUT2D eigenvalue weighted by Gasteiger charge is -2.21. The maximum Gasteiger partial charge on any atom is 0.338 e. The first-order valence-electron chi connectivity index (χ1n) is 7.38. The number of hydrogen-bond acceptors (Lipinski definition) is 3. The smallest absolute Gasteiger partial charge is 0.292 e. The molecule has 0 saturated carbocycles. The lowest BCUT2D eigenvalue weighted by atomic mass is 10.2. The van der Waals surface area contributed by atoms with E-state index < -0.39 is 0 Å². The van der Waals surface area contributed by atoms with Gasteiger partial charge in [0.25, 0.3) is 0 Å². The number of hydrogen-bond donors (Lipinski definition) is 3. The molecule has 22 heavy (non-hydrogen) atoms. The van der Waals surface area contributed by atoms with Gasteiger partial charge in [0, 0.05) is 32.0 Å². The highest BCUT2D eigenvalue weighted by Gasteiger charge is 2.08. The molecule has 0 aliphatic heterocycles. The fraction of sp³-hybridized carbons (Fsp3) is 0.312. The summed E-state index contributed by atoms with van der Waals surface area (Å²) in [4.78, 5) is 14.1. The van der Waals surface area contributed by atoms with Crippen LogP contribution in [0.1, 0.15) is 17.8 Å². The molecular formula is C16H23N6+. The number of nitrogens with one attached hydrogen (secondary N) is 1. The van der Waals surface area contributed by atoms with Gasteiger partial charge in [0.2, 0.25) is 0 Å². The molecule has 0 bridgehead atoms. The number of rotatable bonds is 8. The third kappa shape index (κ3) is 5.88. The van der Waals surface area contributed by atoms with Crippen molar-refractivity contribution >= 4 is 5.96 Å². The summed E-state index contributed by atoms with van der Waals surface area (Å²) >= 11 is 0. The molecule has 0 saturated heterocycles. The summed E-state index contributed by atoms with van der Waals surface area (Å²) in [6.45, 7) is 3.25. The van der Waals surface area contributed by atoms with E-state index in [1.165, 1.54) is 0 Å². The van der Waals surface area contributed by atoms with Crippen molar-refractivity contribution in [2.45, 2.75) is 19.5 Å². The molecule has 5 N–H and O–H groups in total. The zero-order valence-electron chi connectivity index (χ0n) is 12.7. The molecule has 6 heteroatoms. The second-order valence-electron chi connectivity index (χ2n) is 5.09. The highest BCUT2D eigenvalue weighted by atomic mass is 15.1. The molecule has 2 rings (SSSR count). The molecule has 2 aromatic heterocycles. The molecule has 0 atom stereocenters. The Kier molecular flexibility index (Phi) is 6.32. The summed E-state index contributed by atoms with van der Waals surface area (Å²) in [5.41, 5.74) is 12.9. The largest absolute Gasteiger partial charge is 0.338 e. The number of pyridine rings is 2. The fourth-order valence-electron chi connectivity index (χ4n) is 2.19. The van der Waals surface area contributed by atoms with Crippen molar-refractivity contribution in [2.75, 3.05) is 13.1 Å². The maximum atomic E-state index is 5.41. The van der Waals surface area contributed by atoms with E-state index >= 15 is 0 Å². The van der Waals surface area contributed by atoms with Gasteiger partial charge in [-0.2, -0.15) is 0 Å². The van der Waals surface area contributed by atoms with Crippen molar-refractivity contribution in [2.24, 2.45) is 11.5 Å². The minimum absolute atomic E-state index is 0.265. The minimum Gasteiger partial charge on any atom is -0.292 e. The molecule has 116 valence electrons. The monoisotopic (exact) mass is 299 g/mol. The van der Waals surface area contributed by atoms with E-state index in [9.17, 15) is 0 Å². The maximum absolute atomic E-state index is 5.41. The Morgan fingerprint density at radius 3 is 2.00 bits per heavy atom. The van der Waals surface area contributed by atoms with Crippen molar-refractivity contribution in [1.29, 1.82) is 0 Å². The van der Waals surface area contributed by atoms with Gasteiger partial charge in [-0.25, -0.2) is 0 Å². The van der Waals surface area contributed by atoms with Crippen LogP contribution in [0.2, 0.25) is 0 Å². The minimum atomic E-state index is 0.265. The van der Waals surface area contributed by atoms with Crippen molar-refractivity contribution < 1.29 is 4.99 Å². The summed E-state index contributed by atoms with van der Waals surface area (Å²) in [7, 11) is 0. The molecule has 0 unspecified atom stereocenters. The van der Waals surface area contributed by atoms with E-state index in [0.29, 0.717) is 0 Å². The molecule has 2 heterocycles. The number of guanidine groups is 1. The van der Waals surface area contributed by atoms with Crippen molar-refractivity contribution in [3.63, 3.8) is 0 Å². The molecule has 0 amide bonds. The molecule has 0 spiro atoms. The second kappa shape index (κ2) is 8.74. The van der Waals surface area contributed by atoms with Gasteiger partial charge < -0.3 is 0 Å². The first kappa shape index (κ1) is 15.9. The first-order valence-corrected chi connectivity index (χ1v) is 7.38. The SMILES string of the molecule is NC(N)=[NH+]CCCN(Cc1ccccn1)Cc1ccccn1. The van der Waals surface area contributed by atoms with Crippen LogP contribution in [0.3, 0.4) is 0 Å². The first-order chi connectivity index (χ1) is 10.7. The van der Waals surface area contributed by atoms with Crippen LogP contribution < -0.4 is 16.5 Å². The van der Waals surface area contributed by atoms with E-state index in [2.05, 4.69) is 19.9 Å². The van der Waals surface area contributed by atoms with Gasteiger partial charge in [-0.15, -0.1) is 0 Å². The number of nitrogens with two attached hydrogens (primary N) is 2. The van der Waals surface area contributed by atoms with E-state index in [0.717, 1.165) is 44.0 Å². The summed E-state index contributed by atoms with van der Waals surface area (Å²) in [5.74, 6) is 0.265. The van der Waals surface area contributed by atoms with E-state index in [1.54, 1.807) is 0 Å². The van der Waals surface area contributed by atoms with Crippen molar-refractivity contribution in [3.8, 4) is 0 Å². The highest BCUT2D eigenvalue weighted by molar-refractivity contribution is 5.69. The van der Waals surface area contributed by atoms with Gasteiger partial charge in [-0.05, 0) is 30.7 Å². The van der Waals surface area contributed by atoms with E-state index in [-0.39, 0.29) is 5.96 Å². The summed E-state index contributed by atoms with van der Waals surface area (Å²) in [6, 6.07) is 11.9. The fourth-order valence-corrected chi connectivity index (χ4v) is 2.19. The Hall–Kier alpha value is -2.47. The second-order valence-corrected chi connectivity index (χ2v) is 5.09. The van der Waals surface area contributed by atoms with E-state index in [4.69, 9.17) is 11.5 Å². The predicted molar refractivity (Wildman–Crippen MR) is 86.4 cm³/mol. The topological polar surface area (TPSA) is 95.0 Å². The Labute approximate surface area is 130 Å². The van der Waals surface area contributed by atoms with Gasteiger partial charge in [-0.3, -0.25) is 31.3 Å². The van der Waals surface area contributed by atoms with Gasteiger partial charge in [0.1, 0.15) is 0 Å². The average molecular weight is 299 g/mol. The molecule has 0 aliphatic rings. The van der Waals surface area contributed by atoms with Gasteiger partial charge >= 0.3 is 5.96 Å². The molecule has 0 aromatic carbocycles. The lowest BCUT2D eigenvalue weighted by Crippen LogP contribution is -2.78. The van der Waals surface area contributed by atoms with E-state index in [1.807, 2.05) is 48.8 Å². The van der Waals surface area contributed by atoms with Crippen LogP contribution in [0.25, 0.3) is 0 Å². The third-order valence-electron chi connectivity index (χ3n) is 3.20. The van der Waals surface area contributed by atoms with Gasteiger partial charge in [-0.1, -0.05) is 12.1 Å². The molecule has 0 aliphatic carbocycles. The number of aromatic nitrogens is 2. The van der Waals surface area contributed by atoms with Crippen LogP contribution in [0.4, 0.5) is 0 Å². The highest BCUT2D eigenvalue weighted by Crippen LogP contribution is 2.07. The lowest BCUT2D eigenvalue weighted by molar-refractivity contribution is -0.459. The summed E-state index contributed by atoms with van der Waals surface area (Å²) < 4.78 is 0. The van der Waals surface area contributed by atoms with Gasteiger partial charge in [0.15, 0.2) is 0 Å². The molecule has 0 radical (unpaired) electrons. The van der Waals surface area contributed by atoms with Crippen LogP contribution >= 0.6 is 0 Å².